The van der Waals surface area contributed by atoms with Crippen molar-refractivity contribution in [1.29, 1.82) is 0 Å². The summed E-state index contributed by atoms with van der Waals surface area (Å²) in [5.41, 5.74) is 10.6. The van der Waals surface area contributed by atoms with E-state index in [0.29, 0.717) is 0 Å². The molecule has 0 saturated carbocycles. The van der Waals surface area contributed by atoms with Crippen molar-refractivity contribution >= 4 is 35.0 Å². The van der Waals surface area contributed by atoms with Crippen LogP contribution in [0.15, 0.2) is 24.3 Å². The van der Waals surface area contributed by atoms with Crippen LogP contribution in [0.5, 0.6) is 5.88 Å². The lowest BCUT2D eigenvalue weighted by molar-refractivity contribution is -0.137. The van der Waals surface area contributed by atoms with Crippen LogP contribution in [0.1, 0.15) is 25.3 Å². The minimum Gasteiger partial charge on any atom is -0.476 e. The van der Waals surface area contributed by atoms with Crippen molar-refractivity contribution in [3.05, 3.63) is 29.8 Å². The van der Waals surface area contributed by atoms with Gasteiger partial charge in [-0.05, 0) is 31.5 Å². The van der Waals surface area contributed by atoms with Crippen LogP contribution in [0.2, 0.25) is 0 Å². The number of carbonyl (C=O) groups is 2. The molecule has 0 fully saturated rings. The standard InChI is InChI=1S/C19H25F3N8O3/c1-3-33-17-14(23)15(28-18(24)29-17)27-12(7-8-13(31)30(2)25)16(32)26-11-6-4-5-10(9-11)19(20,21)22/h4-6,9,12H,3,7-8,23,25H2,1-2H3,(H,26,32)(H3,24,27,28,29)/t12-/m0/s1. The maximum Gasteiger partial charge on any atom is 0.416 e. The van der Waals surface area contributed by atoms with E-state index in [1.807, 2.05) is 0 Å². The number of nitrogens with two attached hydrogens (primary N) is 3. The van der Waals surface area contributed by atoms with Gasteiger partial charge in [-0.2, -0.15) is 23.1 Å². The molecule has 0 bridgehead atoms. The Morgan fingerprint density at radius 1 is 1.24 bits per heavy atom. The normalized spacial score (nSPS) is 12.1. The third-order valence-corrected chi connectivity index (χ3v) is 4.33. The number of alkyl halides is 3. The van der Waals surface area contributed by atoms with E-state index in [-0.39, 0.29) is 48.5 Å². The molecule has 2 aromatic rings. The van der Waals surface area contributed by atoms with Gasteiger partial charge in [0.05, 0.1) is 12.2 Å². The first-order valence-corrected chi connectivity index (χ1v) is 9.74. The second-order valence-electron chi connectivity index (χ2n) is 6.89. The minimum absolute atomic E-state index is 0.0118. The molecule has 14 heteroatoms. The number of nitrogens with zero attached hydrogens (tertiary/aromatic N) is 3. The molecule has 2 amide bonds. The summed E-state index contributed by atoms with van der Waals surface area (Å²) < 4.78 is 44.3. The molecule has 1 aromatic heterocycles. The number of benzene rings is 1. The molecule has 33 heavy (non-hydrogen) atoms. The summed E-state index contributed by atoms with van der Waals surface area (Å²) in [7, 11) is 1.34. The fraction of sp³-hybridized carbons (Fsp3) is 0.368. The van der Waals surface area contributed by atoms with E-state index in [9.17, 15) is 22.8 Å². The molecule has 180 valence electrons. The largest absolute Gasteiger partial charge is 0.476 e. The molecular weight excluding hydrogens is 445 g/mol. The predicted octanol–water partition coefficient (Wildman–Crippen LogP) is 1.59. The molecule has 1 atom stereocenters. The average Bonchev–Trinajstić information content (AvgIpc) is 2.73. The van der Waals surface area contributed by atoms with Gasteiger partial charge in [0.15, 0.2) is 5.82 Å². The van der Waals surface area contributed by atoms with Crippen molar-refractivity contribution in [2.24, 2.45) is 5.84 Å². The highest BCUT2D eigenvalue weighted by Crippen LogP contribution is 2.31. The fourth-order valence-corrected chi connectivity index (χ4v) is 2.70. The zero-order chi connectivity index (χ0) is 24.8. The van der Waals surface area contributed by atoms with Crippen molar-refractivity contribution in [2.45, 2.75) is 32.0 Å². The minimum atomic E-state index is -4.58. The zero-order valence-corrected chi connectivity index (χ0v) is 17.9. The van der Waals surface area contributed by atoms with Crippen LogP contribution in [0.25, 0.3) is 0 Å². The molecular formula is C19H25F3N8O3. The molecule has 0 aliphatic rings. The summed E-state index contributed by atoms with van der Waals surface area (Å²) in [5.74, 6) is 3.96. The third kappa shape index (κ3) is 7.10. The summed E-state index contributed by atoms with van der Waals surface area (Å²) in [6, 6.07) is 2.98. The number of amides is 2. The van der Waals surface area contributed by atoms with Gasteiger partial charge in [0, 0.05) is 19.2 Å². The van der Waals surface area contributed by atoms with Gasteiger partial charge in [0.1, 0.15) is 11.7 Å². The van der Waals surface area contributed by atoms with Gasteiger partial charge in [0.25, 0.3) is 0 Å². The van der Waals surface area contributed by atoms with Crippen LogP contribution < -0.4 is 32.7 Å². The van der Waals surface area contributed by atoms with E-state index in [2.05, 4.69) is 20.6 Å². The molecule has 1 heterocycles. The lowest BCUT2D eigenvalue weighted by Crippen LogP contribution is -2.38. The van der Waals surface area contributed by atoms with Gasteiger partial charge in [-0.25, -0.2) is 5.84 Å². The number of hydrogen-bond acceptors (Lipinski definition) is 9. The van der Waals surface area contributed by atoms with E-state index in [0.717, 1.165) is 23.2 Å². The summed E-state index contributed by atoms with van der Waals surface area (Å²) in [6.45, 7) is 1.93. The predicted molar refractivity (Wildman–Crippen MR) is 116 cm³/mol. The number of anilines is 4. The van der Waals surface area contributed by atoms with Gasteiger partial charge in [0.2, 0.25) is 23.6 Å². The summed E-state index contributed by atoms with van der Waals surface area (Å²) in [4.78, 5) is 32.7. The summed E-state index contributed by atoms with van der Waals surface area (Å²) >= 11 is 0. The van der Waals surface area contributed by atoms with Crippen molar-refractivity contribution in [3.63, 3.8) is 0 Å². The van der Waals surface area contributed by atoms with Crippen LogP contribution in [0, 0.1) is 0 Å². The number of hydrogen-bond donors (Lipinski definition) is 5. The maximum absolute atomic E-state index is 13.0. The van der Waals surface area contributed by atoms with Gasteiger partial charge >= 0.3 is 6.18 Å². The topological polar surface area (TPSA) is 175 Å². The van der Waals surface area contributed by atoms with E-state index in [1.54, 1.807) is 6.92 Å². The monoisotopic (exact) mass is 470 g/mol. The Bertz CT molecular complexity index is 1000. The lowest BCUT2D eigenvalue weighted by atomic mass is 10.1. The average molecular weight is 470 g/mol. The molecule has 0 unspecified atom stereocenters. The number of aromatic nitrogens is 2. The maximum atomic E-state index is 13.0. The van der Waals surface area contributed by atoms with Crippen LogP contribution in [-0.4, -0.2) is 46.5 Å². The quantitative estimate of drug-likeness (QED) is 0.207. The van der Waals surface area contributed by atoms with E-state index in [1.165, 1.54) is 13.1 Å². The number of nitrogen functional groups attached to an aromatic ring is 2. The Kier molecular flexibility index (Phi) is 8.23. The highest BCUT2D eigenvalue weighted by Gasteiger charge is 2.31. The zero-order valence-electron chi connectivity index (χ0n) is 17.9. The van der Waals surface area contributed by atoms with E-state index >= 15 is 0 Å². The van der Waals surface area contributed by atoms with Crippen LogP contribution in [-0.2, 0) is 15.8 Å². The molecule has 8 N–H and O–H groups in total. The Balaban J connectivity index is 2.31. The first kappa shape index (κ1) is 25.5. The van der Waals surface area contributed by atoms with Crippen molar-refractivity contribution in [2.75, 3.05) is 35.8 Å². The second-order valence-corrected chi connectivity index (χ2v) is 6.89. The first-order chi connectivity index (χ1) is 15.4. The lowest BCUT2D eigenvalue weighted by Gasteiger charge is -2.21. The molecule has 2 rings (SSSR count). The first-order valence-electron chi connectivity index (χ1n) is 9.74. The number of hydrazine groups is 1. The molecule has 0 spiro atoms. The van der Waals surface area contributed by atoms with Crippen LogP contribution in [0.4, 0.5) is 36.3 Å². The Morgan fingerprint density at radius 2 is 1.94 bits per heavy atom. The Morgan fingerprint density at radius 3 is 2.55 bits per heavy atom. The molecule has 0 radical (unpaired) electrons. The van der Waals surface area contributed by atoms with Gasteiger partial charge in [-0.15, -0.1) is 0 Å². The van der Waals surface area contributed by atoms with Gasteiger partial charge in [-0.1, -0.05) is 6.07 Å². The third-order valence-electron chi connectivity index (χ3n) is 4.33. The van der Waals surface area contributed by atoms with Crippen molar-refractivity contribution in [1.82, 2.24) is 15.0 Å². The molecule has 0 aliphatic carbocycles. The van der Waals surface area contributed by atoms with Gasteiger partial charge < -0.3 is 26.8 Å². The van der Waals surface area contributed by atoms with Crippen molar-refractivity contribution < 1.29 is 27.5 Å². The molecule has 0 saturated heterocycles. The van der Waals surface area contributed by atoms with E-state index < -0.39 is 29.6 Å². The van der Waals surface area contributed by atoms with Crippen LogP contribution >= 0.6 is 0 Å². The molecule has 11 nitrogen and oxygen atoms in total. The number of halogens is 3. The van der Waals surface area contributed by atoms with Crippen LogP contribution in [0.3, 0.4) is 0 Å². The number of nitrogens with one attached hydrogen (secondary N) is 2. The number of rotatable bonds is 9. The smallest absolute Gasteiger partial charge is 0.416 e. The second kappa shape index (κ2) is 10.7. The SMILES string of the molecule is CCOc1nc(N)nc(N[C@@H](CCC(=O)N(C)N)C(=O)Nc2cccc(C(F)(F)F)c2)c1N. The highest BCUT2D eigenvalue weighted by molar-refractivity contribution is 5.97. The fourth-order valence-electron chi connectivity index (χ4n) is 2.70. The molecule has 0 aliphatic heterocycles. The number of ether oxygens (including phenoxy) is 1. The van der Waals surface area contributed by atoms with Crippen molar-refractivity contribution in [3.8, 4) is 5.88 Å². The van der Waals surface area contributed by atoms with Gasteiger partial charge in [-0.3, -0.25) is 14.6 Å². The summed E-state index contributed by atoms with van der Waals surface area (Å²) in [6.07, 6.45) is -4.82. The Labute approximate surface area is 187 Å². The molecule has 1 aromatic carbocycles. The summed E-state index contributed by atoms with van der Waals surface area (Å²) in [5, 5.41) is 6.01. The van der Waals surface area contributed by atoms with E-state index in [4.69, 9.17) is 22.0 Å². The highest BCUT2D eigenvalue weighted by atomic mass is 19.4. The Hall–Kier alpha value is -3.81. The number of carbonyl (C=O) groups excluding carboxylic acids is 2.